The highest BCUT2D eigenvalue weighted by Gasteiger charge is 2.23. The predicted octanol–water partition coefficient (Wildman–Crippen LogP) is 1.56. The van der Waals surface area contributed by atoms with Crippen molar-refractivity contribution < 1.29 is 19.4 Å². The molecule has 0 bridgehead atoms. The molecule has 1 saturated heterocycles. The summed E-state index contributed by atoms with van der Waals surface area (Å²) in [6.07, 6.45) is 1.18. The van der Waals surface area contributed by atoms with Crippen LogP contribution in [0.15, 0.2) is 6.07 Å². The molecule has 7 heteroatoms. The second-order valence-electron chi connectivity index (χ2n) is 4.60. The van der Waals surface area contributed by atoms with E-state index in [2.05, 4.69) is 4.98 Å². The lowest BCUT2D eigenvalue weighted by atomic mass is 10.2. The maximum atomic E-state index is 11.7. The Hall–Kier alpha value is -1.44. The maximum absolute atomic E-state index is 11.7. The Labute approximate surface area is 119 Å². The summed E-state index contributed by atoms with van der Waals surface area (Å²) in [7, 11) is 0. The number of esters is 1. The van der Waals surface area contributed by atoms with Gasteiger partial charge in [0.15, 0.2) is 0 Å². The third-order valence-electron chi connectivity index (χ3n) is 3.32. The summed E-state index contributed by atoms with van der Waals surface area (Å²) >= 11 is 1.29. The number of hydrogen-bond donors (Lipinski definition) is 1. The van der Waals surface area contributed by atoms with E-state index in [9.17, 15) is 9.90 Å². The monoisotopic (exact) mass is 296 g/mol. The van der Waals surface area contributed by atoms with Crippen LogP contribution in [0.2, 0.25) is 0 Å². The lowest BCUT2D eigenvalue weighted by molar-refractivity contribution is -0.0593. The van der Waals surface area contributed by atoms with Gasteiger partial charge in [-0.1, -0.05) is 0 Å². The predicted molar refractivity (Wildman–Crippen MR) is 73.8 cm³/mol. The topological polar surface area (TPSA) is 73.6 Å². The average Bonchev–Trinajstić information content (AvgIpc) is 2.91. The smallest absolute Gasteiger partial charge is 0.348 e. The van der Waals surface area contributed by atoms with Crippen molar-refractivity contribution in [1.29, 1.82) is 0 Å². The van der Waals surface area contributed by atoms with E-state index in [0.29, 0.717) is 23.9 Å². The van der Waals surface area contributed by atoms with Gasteiger partial charge in [0.2, 0.25) is 0 Å². The van der Waals surface area contributed by atoms with Crippen LogP contribution in [0.3, 0.4) is 0 Å². The fourth-order valence-electron chi connectivity index (χ4n) is 2.22. The summed E-state index contributed by atoms with van der Waals surface area (Å²) in [5.74, 6) is 0.282. The molecule has 3 rings (SSSR count). The molecular formula is C13H16N2O4S. The molecule has 1 atom stereocenters. The molecule has 0 radical (unpaired) electrons. The lowest BCUT2D eigenvalue weighted by Gasteiger charge is -2.27. The first kappa shape index (κ1) is 13.5. The van der Waals surface area contributed by atoms with Crippen LogP contribution >= 0.6 is 11.3 Å². The number of thiophene rings is 1. The van der Waals surface area contributed by atoms with E-state index < -0.39 is 0 Å². The number of fused-ring (bicyclic) bond motifs is 1. The number of aliphatic hydroxyl groups excluding tert-OH is 1. The summed E-state index contributed by atoms with van der Waals surface area (Å²) in [6.45, 7) is 3.45. The molecule has 0 aliphatic carbocycles. The van der Waals surface area contributed by atoms with Gasteiger partial charge in [-0.15, -0.1) is 11.3 Å². The molecule has 0 aromatic carbocycles. The number of rotatable bonds is 5. The lowest BCUT2D eigenvalue weighted by Crippen LogP contribution is -2.31. The highest BCUT2D eigenvalue weighted by molar-refractivity contribution is 7.20. The first-order valence-electron chi connectivity index (χ1n) is 6.61. The summed E-state index contributed by atoms with van der Waals surface area (Å²) in [5, 5.41) is 9.39. The van der Waals surface area contributed by atoms with Crippen LogP contribution in [-0.4, -0.2) is 39.9 Å². The SMILES string of the molecule is CCOC(=O)c1cc2c(nc(CO)n2C[C@@H]2CCO2)s1. The first-order chi connectivity index (χ1) is 9.72. The normalized spacial score (nSPS) is 18.2. The van der Waals surface area contributed by atoms with Gasteiger partial charge in [0.1, 0.15) is 22.1 Å². The van der Waals surface area contributed by atoms with Crippen molar-refractivity contribution in [3.63, 3.8) is 0 Å². The number of carbonyl (C=O) groups is 1. The molecule has 1 N–H and O–H groups in total. The van der Waals surface area contributed by atoms with Gasteiger partial charge in [-0.2, -0.15) is 0 Å². The van der Waals surface area contributed by atoms with E-state index in [4.69, 9.17) is 9.47 Å². The van der Waals surface area contributed by atoms with Gasteiger partial charge in [0.25, 0.3) is 0 Å². The van der Waals surface area contributed by atoms with E-state index in [1.165, 1.54) is 11.3 Å². The molecule has 0 spiro atoms. The second kappa shape index (κ2) is 5.51. The Morgan fingerprint density at radius 3 is 3.10 bits per heavy atom. The summed E-state index contributed by atoms with van der Waals surface area (Å²) in [5.41, 5.74) is 0.859. The van der Waals surface area contributed by atoms with E-state index in [0.717, 1.165) is 23.4 Å². The molecule has 0 unspecified atom stereocenters. The zero-order valence-electron chi connectivity index (χ0n) is 11.2. The quantitative estimate of drug-likeness (QED) is 0.848. The van der Waals surface area contributed by atoms with E-state index in [-0.39, 0.29) is 18.7 Å². The van der Waals surface area contributed by atoms with Crippen molar-refractivity contribution in [2.45, 2.75) is 32.6 Å². The van der Waals surface area contributed by atoms with Gasteiger partial charge >= 0.3 is 5.97 Å². The van der Waals surface area contributed by atoms with E-state index >= 15 is 0 Å². The van der Waals surface area contributed by atoms with Crippen LogP contribution in [0.1, 0.15) is 28.8 Å². The number of ether oxygens (including phenoxy) is 2. The standard InChI is InChI=1S/C13H16N2O4S/c1-2-18-13(17)10-5-9-12(20-10)14-11(7-16)15(9)6-8-3-4-19-8/h5,8,16H,2-4,6-7H2,1H3/t8-/m0/s1. The number of hydrogen-bond acceptors (Lipinski definition) is 6. The molecule has 1 aliphatic rings. The summed E-state index contributed by atoms with van der Waals surface area (Å²) < 4.78 is 12.4. The maximum Gasteiger partial charge on any atom is 0.348 e. The fraction of sp³-hybridized carbons (Fsp3) is 0.538. The van der Waals surface area contributed by atoms with Crippen molar-refractivity contribution in [2.75, 3.05) is 13.2 Å². The average molecular weight is 296 g/mol. The summed E-state index contributed by atoms with van der Waals surface area (Å²) in [4.78, 5) is 17.4. The van der Waals surface area contributed by atoms with Gasteiger partial charge in [-0.05, 0) is 19.4 Å². The molecule has 2 aromatic rings. The number of imidazole rings is 1. The van der Waals surface area contributed by atoms with Gasteiger partial charge < -0.3 is 19.1 Å². The van der Waals surface area contributed by atoms with Crippen LogP contribution in [0.5, 0.6) is 0 Å². The van der Waals surface area contributed by atoms with Crippen molar-refractivity contribution in [1.82, 2.24) is 9.55 Å². The molecule has 0 amide bonds. The molecular weight excluding hydrogens is 280 g/mol. The van der Waals surface area contributed by atoms with Crippen LogP contribution in [0.25, 0.3) is 10.3 Å². The minimum absolute atomic E-state index is 0.122. The van der Waals surface area contributed by atoms with Crippen LogP contribution in [-0.2, 0) is 22.6 Å². The van der Waals surface area contributed by atoms with Crippen LogP contribution < -0.4 is 0 Å². The molecule has 2 aromatic heterocycles. The molecule has 1 fully saturated rings. The van der Waals surface area contributed by atoms with Crippen LogP contribution in [0, 0.1) is 0 Å². The Bertz CT molecular complexity index is 630. The number of nitrogens with zero attached hydrogens (tertiary/aromatic N) is 2. The van der Waals surface area contributed by atoms with E-state index in [1.54, 1.807) is 13.0 Å². The zero-order chi connectivity index (χ0) is 14.1. The van der Waals surface area contributed by atoms with Crippen molar-refractivity contribution in [3.8, 4) is 0 Å². The highest BCUT2D eigenvalue weighted by Crippen LogP contribution is 2.28. The second-order valence-corrected chi connectivity index (χ2v) is 5.63. The number of aliphatic hydroxyl groups is 1. The van der Waals surface area contributed by atoms with E-state index in [1.807, 2.05) is 4.57 Å². The van der Waals surface area contributed by atoms with Gasteiger partial charge in [0.05, 0.1) is 24.8 Å². The largest absolute Gasteiger partial charge is 0.462 e. The Kier molecular flexibility index (Phi) is 3.73. The third-order valence-corrected chi connectivity index (χ3v) is 4.32. The van der Waals surface area contributed by atoms with Crippen molar-refractivity contribution in [3.05, 3.63) is 16.8 Å². The minimum Gasteiger partial charge on any atom is -0.462 e. The molecule has 108 valence electrons. The fourth-order valence-corrected chi connectivity index (χ4v) is 3.17. The molecule has 0 saturated carbocycles. The molecule has 3 heterocycles. The molecule has 20 heavy (non-hydrogen) atoms. The van der Waals surface area contributed by atoms with Crippen LogP contribution in [0.4, 0.5) is 0 Å². The third kappa shape index (κ3) is 2.32. The van der Waals surface area contributed by atoms with Crippen molar-refractivity contribution >= 4 is 27.7 Å². The Morgan fingerprint density at radius 2 is 2.50 bits per heavy atom. The van der Waals surface area contributed by atoms with Gasteiger partial charge in [-0.3, -0.25) is 0 Å². The first-order valence-corrected chi connectivity index (χ1v) is 7.43. The highest BCUT2D eigenvalue weighted by atomic mass is 32.1. The molecule has 1 aliphatic heterocycles. The van der Waals surface area contributed by atoms with Gasteiger partial charge in [0, 0.05) is 6.61 Å². The zero-order valence-corrected chi connectivity index (χ0v) is 12.0. The molecule has 6 nitrogen and oxygen atoms in total. The Balaban J connectivity index is 1.94. The Morgan fingerprint density at radius 1 is 1.70 bits per heavy atom. The van der Waals surface area contributed by atoms with Gasteiger partial charge in [-0.25, -0.2) is 9.78 Å². The van der Waals surface area contributed by atoms with Crippen molar-refractivity contribution in [2.24, 2.45) is 0 Å². The summed E-state index contributed by atoms with van der Waals surface area (Å²) in [6, 6.07) is 1.78. The number of carbonyl (C=O) groups excluding carboxylic acids is 1. The minimum atomic E-state index is -0.326. The number of aromatic nitrogens is 2.